The van der Waals surface area contributed by atoms with E-state index in [-0.39, 0.29) is 0 Å². The molecule has 0 aliphatic rings. The van der Waals surface area contributed by atoms with Gasteiger partial charge in [0.25, 0.3) is 5.91 Å². The fourth-order valence-corrected chi connectivity index (χ4v) is 3.26. The van der Waals surface area contributed by atoms with Crippen molar-refractivity contribution in [1.82, 2.24) is 0 Å². The first-order valence-electron chi connectivity index (χ1n) is 10.0. The maximum Gasteiger partial charge on any atom is 0.331 e. The second-order valence-corrected chi connectivity index (χ2v) is 7.44. The monoisotopic (exact) mass is 445 g/mol. The lowest BCUT2D eigenvalue weighted by molar-refractivity contribution is -0.148. The molecule has 2 atom stereocenters. The zero-order chi connectivity index (χ0) is 23.0. The number of hydrogen-bond donors (Lipinski definition) is 1. The first kappa shape index (κ1) is 24.3. The van der Waals surface area contributed by atoms with E-state index < -0.39 is 18.0 Å². The van der Waals surface area contributed by atoms with Gasteiger partial charge in [-0.15, -0.1) is 0 Å². The van der Waals surface area contributed by atoms with Crippen LogP contribution in [0.1, 0.15) is 44.2 Å². The Bertz CT molecular complexity index is 957. The van der Waals surface area contributed by atoms with E-state index in [9.17, 15) is 9.59 Å². The van der Waals surface area contributed by atoms with Gasteiger partial charge < -0.3 is 19.5 Å². The van der Waals surface area contributed by atoms with Crippen LogP contribution in [0.4, 0.5) is 5.69 Å². The summed E-state index contributed by atoms with van der Waals surface area (Å²) < 4.78 is 15.7. The second-order valence-electron chi connectivity index (χ2n) is 7.04. The molecule has 6 nitrogen and oxygen atoms in total. The van der Waals surface area contributed by atoms with Gasteiger partial charge in [-0.2, -0.15) is 0 Å². The van der Waals surface area contributed by atoms with Crippen molar-refractivity contribution in [3.8, 4) is 11.5 Å². The van der Waals surface area contributed by atoms with Crippen molar-refractivity contribution in [2.24, 2.45) is 0 Å². The lowest BCUT2D eigenvalue weighted by Crippen LogP contribution is -2.29. The van der Waals surface area contributed by atoms with Crippen LogP contribution in [-0.4, -0.2) is 32.2 Å². The minimum absolute atomic E-state index is 0.297. The fraction of sp³-hybridized carbons (Fsp3) is 0.333. The molecule has 2 aromatic carbocycles. The molecule has 0 aliphatic heterocycles. The van der Waals surface area contributed by atoms with Gasteiger partial charge in [-0.05, 0) is 54.7 Å². The highest BCUT2D eigenvalue weighted by Crippen LogP contribution is 2.36. The Morgan fingerprint density at radius 2 is 1.84 bits per heavy atom. The molecule has 0 aromatic heterocycles. The standard InChI is InChI=1S/C24H28ClNO5/c1-6-15(2)18-9-7-8-10-20(18)26-24(28)16(3)31-22(27)12-11-17-13-19(25)23(30-5)21(14-17)29-4/h7-16H,6H2,1-5H3,(H,26,28)/b12-11+. The quantitative estimate of drug-likeness (QED) is 0.410. The average molecular weight is 446 g/mol. The number of nitrogens with one attached hydrogen (secondary N) is 1. The number of esters is 1. The first-order chi connectivity index (χ1) is 14.8. The summed E-state index contributed by atoms with van der Waals surface area (Å²) >= 11 is 6.17. The second kappa shape index (κ2) is 11.4. The van der Waals surface area contributed by atoms with Crippen molar-refractivity contribution in [2.75, 3.05) is 19.5 Å². The number of hydrogen-bond acceptors (Lipinski definition) is 5. The molecule has 0 aliphatic carbocycles. The molecule has 1 amide bonds. The van der Waals surface area contributed by atoms with E-state index in [4.69, 9.17) is 25.8 Å². The van der Waals surface area contributed by atoms with E-state index in [1.165, 1.54) is 33.3 Å². The molecule has 166 valence electrons. The summed E-state index contributed by atoms with van der Waals surface area (Å²) in [5.74, 6) is 0.101. The molecule has 0 spiro atoms. The number of benzene rings is 2. The molecular formula is C24H28ClNO5. The molecule has 2 aromatic rings. The van der Waals surface area contributed by atoms with Crippen LogP contribution < -0.4 is 14.8 Å². The Labute approximate surface area is 188 Å². The summed E-state index contributed by atoms with van der Waals surface area (Å²) in [4.78, 5) is 24.7. The van der Waals surface area contributed by atoms with Crippen molar-refractivity contribution in [1.29, 1.82) is 0 Å². The number of anilines is 1. The molecule has 0 saturated carbocycles. The predicted octanol–water partition coefficient (Wildman–Crippen LogP) is 5.45. The van der Waals surface area contributed by atoms with Gasteiger partial charge in [0.2, 0.25) is 0 Å². The minimum atomic E-state index is -0.962. The maximum atomic E-state index is 12.5. The van der Waals surface area contributed by atoms with Crippen molar-refractivity contribution < 1.29 is 23.8 Å². The highest BCUT2D eigenvalue weighted by atomic mass is 35.5. The maximum absolute atomic E-state index is 12.5. The van der Waals surface area contributed by atoms with E-state index in [1.54, 1.807) is 12.1 Å². The number of rotatable bonds is 9. The number of halogens is 1. The fourth-order valence-electron chi connectivity index (χ4n) is 2.96. The van der Waals surface area contributed by atoms with Crippen LogP contribution in [0.3, 0.4) is 0 Å². The Balaban J connectivity index is 2.03. The van der Waals surface area contributed by atoms with Crippen LogP contribution in [0, 0.1) is 0 Å². The number of ether oxygens (including phenoxy) is 3. The van der Waals surface area contributed by atoms with Crippen LogP contribution >= 0.6 is 11.6 Å². The summed E-state index contributed by atoms with van der Waals surface area (Å²) in [6, 6.07) is 10.9. The van der Waals surface area contributed by atoms with Gasteiger partial charge in [-0.25, -0.2) is 4.79 Å². The predicted molar refractivity (Wildman–Crippen MR) is 123 cm³/mol. The smallest absolute Gasteiger partial charge is 0.331 e. The van der Waals surface area contributed by atoms with E-state index in [0.29, 0.717) is 28.0 Å². The number of methoxy groups -OCH3 is 2. The molecule has 7 heteroatoms. The molecule has 0 heterocycles. The molecular weight excluding hydrogens is 418 g/mol. The Kier molecular flexibility index (Phi) is 8.94. The lowest BCUT2D eigenvalue weighted by Gasteiger charge is -2.17. The number of carbonyl (C=O) groups is 2. The zero-order valence-corrected chi connectivity index (χ0v) is 19.2. The van der Waals surface area contributed by atoms with Crippen molar-refractivity contribution in [2.45, 2.75) is 39.2 Å². The molecule has 2 rings (SSSR count). The van der Waals surface area contributed by atoms with Crippen molar-refractivity contribution in [3.05, 3.63) is 58.6 Å². The molecule has 2 unspecified atom stereocenters. The third-order valence-corrected chi connectivity index (χ3v) is 5.17. The van der Waals surface area contributed by atoms with Gasteiger partial charge >= 0.3 is 5.97 Å². The van der Waals surface area contributed by atoms with E-state index in [2.05, 4.69) is 19.2 Å². The topological polar surface area (TPSA) is 73.9 Å². The molecule has 0 bridgehead atoms. The summed E-state index contributed by atoms with van der Waals surface area (Å²) in [6.07, 6.45) is 2.74. The SMILES string of the molecule is CCC(C)c1ccccc1NC(=O)C(C)OC(=O)/C=C/c1cc(Cl)c(OC)c(OC)c1. The van der Waals surface area contributed by atoms with E-state index >= 15 is 0 Å². The van der Waals surface area contributed by atoms with Crippen molar-refractivity contribution in [3.63, 3.8) is 0 Å². The molecule has 31 heavy (non-hydrogen) atoms. The van der Waals surface area contributed by atoms with Gasteiger partial charge in [-0.1, -0.05) is 43.6 Å². The van der Waals surface area contributed by atoms with E-state index in [0.717, 1.165) is 17.7 Å². The Morgan fingerprint density at radius 3 is 2.48 bits per heavy atom. The van der Waals surface area contributed by atoms with Crippen LogP contribution in [0.25, 0.3) is 6.08 Å². The van der Waals surface area contributed by atoms with Crippen LogP contribution in [-0.2, 0) is 14.3 Å². The van der Waals surface area contributed by atoms with Gasteiger partial charge in [0, 0.05) is 11.8 Å². The summed E-state index contributed by atoms with van der Waals surface area (Å²) in [5.41, 5.74) is 2.39. The van der Waals surface area contributed by atoms with Crippen LogP contribution in [0.5, 0.6) is 11.5 Å². The first-order valence-corrected chi connectivity index (χ1v) is 10.4. The minimum Gasteiger partial charge on any atom is -0.493 e. The zero-order valence-electron chi connectivity index (χ0n) is 18.4. The Morgan fingerprint density at radius 1 is 1.13 bits per heavy atom. The third kappa shape index (κ3) is 6.49. The summed E-state index contributed by atoms with van der Waals surface area (Å²) in [6.45, 7) is 5.71. The highest BCUT2D eigenvalue weighted by Gasteiger charge is 2.19. The normalized spacial score (nSPS) is 12.8. The average Bonchev–Trinajstić information content (AvgIpc) is 2.76. The molecule has 0 fully saturated rings. The third-order valence-electron chi connectivity index (χ3n) is 4.89. The van der Waals surface area contributed by atoms with E-state index in [1.807, 2.05) is 24.3 Å². The van der Waals surface area contributed by atoms with Gasteiger partial charge in [0.1, 0.15) is 0 Å². The van der Waals surface area contributed by atoms with Crippen molar-refractivity contribution >= 4 is 35.2 Å². The molecule has 1 N–H and O–H groups in total. The summed E-state index contributed by atoms with van der Waals surface area (Å²) in [7, 11) is 2.99. The van der Waals surface area contributed by atoms with Gasteiger partial charge in [0.05, 0.1) is 19.2 Å². The van der Waals surface area contributed by atoms with Gasteiger partial charge in [-0.3, -0.25) is 4.79 Å². The molecule has 0 radical (unpaired) electrons. The Hall–Kier alpha value is -2.99. The number of carbonyl (C=O) groups excluding carboxylic acids is 2. The largest absolute Gasteiger partial charge is 0.493 e. The summed E-state index contributed by atoms with van der Waals surface area (Å²) in [5, 5.41) is 3.20. The number of amides is 1. The van der Waals surface area contributed by atoms with Crippen LogP contribution in [0.2, 0.25) is 5.02 Å². The van der Waals surface area contributed by atoms with Crippen LogP contribution in [0.15, 0.2) is 42.5 Å². The number of para-hydroxylation sites is 1. The molecule has 0 saturated heterocycles. The lowest BCUT2D eigenvalue weighted by atomic mass is 9.97. The highest BCUT2D eigenvalue weighted by molar-refractivity contribution is 6.32. The van der Waals surface area contributed by atoms with Gasteiger partial charge in [0.15, 0.2) is 17.6 Å².